The fourth-order valence-corrected chi connectivity index (χ4v) is 3.79. The van der Waals surface area contributed by atoms with Gasteiger partial charge in [-0.2, -0.15) is 0 Å². The predicted molar refractivity (Wildman–Crippen MR) is 92.6 cm³/mol. The molecule has 1 aromatic heterocycles. The zero-order valence-corrected chi connectivity index (χ0v) is 12.5. The maximum atomic E-state index is 6.15. The summed E-state index contributed by atoms with van der Waals surface area (Å²) < 4.78 is 2.59. The van der Waals surface area contributed by atoms with E-state index in [2.05, 4.69) is 48.5 Å². The molecule has 0 fully saturated rings. The summed E-state index contributed by atoms with van der Waals surface area (Å²) in [6.07, 6.45) is 0. The maximum absolute atomic E-state index is 6.15. The smallest absolute Gasteiger partial charge is 0.0408 e. The first kappa shape index (κ1) is 12.9. The summed E-state index contributed by atoms with van der Waals surface area (Å²) in [5.74, 6) is 0. The molecule has 0 aliphatic rings. The van der Waals surface area contributed by atoms with Crippen molar-refractivity contribution >= 4 is 48.0 Å². The summed E-state index contributed by atoms with van der Waals surface area (Å²) in [6, 6.07) is 19.0. The zero-order valence-electron chi connectivity index (χ0n) is 11.7. The third-order valence-corrected chi connectivity index (χ3v) is 4.53. The summed E-state index contributed by atoms with van der Waals surface area (Å²) in [7, 11) is 0. The van der Waals surface area contributed by atoms with E-state index in [-0.39, 0.29) is 0 Å². The van der Waals surface area contributed by atoms with E-state index in [0.29, 0.717) is 0 Å². The van der Waals surface area contributed by atoms with E-state index in [1.165, 1.54) is 25.6 Å². The van der Waals surface area contributed by atoms with Crippen LogP contribution in [0.25, 0.3) is 30.9 Å². The Balaban J connectivity index is 0.000000581. The molecule has 0 saturated carbocycles. The van der Waals surface area contributed by atoms with Crippen LogP contribution < -0.4 is 5.73 Å². The van der Waals surface area contributed by atoms with Crippen LogP contribution in [0.5, 0.6) is 0 Å². The van der Waals surface area contributed by atoms with Crippen molar-refractivity contribution < 1.29 is 0 Å². The highest BCUT2D eigenvalue weighted by Gasteiger charge is 2.09. The highest BCUT2D eigenvalue weighted by Crippen LogP contribution is 2.40. The molecule has 100 valence electrons. The molecule has 0 amide bonds. The van der Waals surface area contributed by atoms with Crippen LogP contribution in [0.4, 0.5) is 5.69 Å². The molecule has 3 aromatic carbocycles. The van der Waals surface area contributed by atoms with Crippen molar-refractivity contribution in [2.75, 3.05) is 5.73 Å². The van der Waals surface area contributed by atoms with Crippen LogP contribution in [0.15, 0.2) is 54.6 Å². The Bertz CT molecular complexity index is 890. The normalized spacial score (nSPS) is 10.7. The van der Waals surface area contributed by atoms with Crippen LogP contribution in [-0.2, 0) is 0 Å². The number of rotatable bonds is 0. The molecular formula is C18H17NS. The minimum atomic E-state index is 0.865. The maximum Gasteiger partial charge on any atom is 0.0408 e. The number of nitrogens with two attached hydrogens (primary N) is 1. The second-order valence-electron chi connectivity index (χ2n) is 4.48. The lowest BCUT2D eigenvalue weighted by Crippen LogP contribution is -1.86. The van der Waals surface area contributed by atoms with Gasteiger partial charge in [-0.15, -0.1) is 11.3 Å². The van der Waals surface area contributed by atoms with E-state index in [1.807, 2.05) is 31.3 Å². The molecule has 0 spiro atoms. The Morgan fingerprint density at radius 2 is 1.35 bits per heavy atom. The second-order valence-corrected chi connectivity index (χ2v) is 5.57. The fourth-order valence-electron chi connectivity index (χ4n) is 2.62. The van der Waals surface area contributed by atoms with Gasteiger partial charge in [0.1, 0.15) is 0 Å². The summed E-state index contributed by atoms with van der Waals surface area (Å²) in [6.45, 7) is 4.00. The molecular weight excluding hydrogens is 262 g/mol. The third-order valence-electron chi connectivity index (χ3n) is 3.42. The Kier molecular flexibility index (Phi) is 3.33. The van der Waals surface area contributed by atoms with Gasteiger partial charge < -0.3 is 5.73 Å². The molecule has 0 aliphatic carbocycles. The molecule has 0 aliphatic heterocycles. The Hall–Kier alpha value is -2.06. The molecule has 1 heterocycles. The molecule has 0 atom stereocenters. The molecule has 2 N–H and O–H groups in total. The molecule has 4 aromatic rings. The first-order chi connectivity index (χ1) is 9.84. The Labute approximate surface area is 122 Å². The van der Waals surface area contributed by atoms with Crippen LogP contribution in [-0.4, -0.2) is 0 Å². The number of hydrogen-bond acceptors (Lipinski definition) is 2. The van der Waals surface area contributed by atoms with E-state index < -0.39 is 0 Å². The quantitative estimate of drug-likeness (QED) is 0.403. The fraction of sp³-hybridized carbons (Fsp3) is 0.111. The Morgan fingerprint density at radius 3 is 2.10 bits per heavy atom. The van der Waals surface area contributed by atoms with Crippen molar-refractivity contribution in [3.05, 3.63) is 54.6 Å². The molecule has 1 nitrogen and oxygen atoms in total. The van der Waals surface area contributed by atoms with Gasteiger partial charge in [-0.3, -0.25) is 0 Å². The summed E-state index contributed by atoms with van der Waals surface area (Å²) in [5, 5.41) is 5.06. The highest BCUT2D eigenvalue weighted by atomic mass is 32.1. The SMILES string of the molecule is CC.Nc1cc2sc3ccccc3c2c2ccccc12. The molecule has 0 radical (unpaired) electrons. The minimum absolute atomic E-state index is 0.865. The predicted octanol–water partition coefficient (Wildman–Crippen LogP) is 5.82. The van der Waals surface area contributed by atoms with Gasteiger partial charge in [0.2, 0.25) is 0 Å². The van der Waals surface area contributed by atoms with Gasteiger partial charge in [0.15, 0.2) is 0 Å². The topological polar surface area (TPSA) is 26.0 Å². The van der Waals surface area contributed by atoms with Crippen molar-refractivity contribution in [2.45, 2.75) is 13.8 Å². The van der Waals surface area contributed by atoms with Gasteiger partial charge in [0.05, 0.1) is 0 Å². The summed E-state index contributed by atoms with van der Waals surface area (Å²) in [4.78, 5) is 0. The number of hydrogen-bond donors (Lipinski definition) is 1. The Morgan fingerprint density at radius 1 is 0.750 bits per heavy atom. The van der Waals surface area contributed by atoms with Crippen LogP contribution in [0, 0.1) is 0 Å². The lowest BCUT2D eigenvalue weighted by Gasteiger charge is -2.03. The van der Waals surface area contributed by atoms with E-state index in [4.69, 9.17) is 5.73 Å². The van der Waals surface area contributed by atoms with E-state index in [0.717, 1.165) is 11.1 Å². The summed E-state index contributed by atoms with van der Waals surface area (Å²) in [5.41, 5.74) is 7.02. The lowest BCUT2D eigenvalue weighted by atomic mass is 10.0. The number of fused-ring (bicyclic) bond motifs is 5. The van der Waals surface area contributed by atoms with Crippen LogP contribution in [0.2, 0.25) is 0 Å². The average Bonchev–Trinajstić information content (AvgIpc) is 2.88. The monoisotopic (exact) mass is 279 g/mol. The minimum Gasteiger partial charge on any atom is -0.398 e. The molecule has 20 heavy (non-hydrogen) atoms. The van der Waals surface area contributed by atoms with Gasteiger partial charge in [-0.05, 0) is 17.5 Å². The van der Waals surface area contributed by atoms with E-state index in [9.17, 15) is 0 Å². The number of thiophene rings is 1. The lowest BCUT2D eigenvalue weighted by molar-refractivity contribution is 1.50. The standard InChI is InChI=1S/C16H11NS.C2H6/c17-13-9-15-16(11-6-2-1-5-10(11)13)12-7-3-4-8-14(12)18-15;1-2/h1-9H,17H2;1-2H3. The first-order valence-electron chi connectivity index (χ1n) is 6.93. The second kappa shape index (κ2) is 5.14. The molecule has 0 bridgehead atoms. The van der Waals surface area contributed by atoms with Gasteiger partial charge in [-0.25, -0.2) is 0 Å². The van der Waals surface area contributed by atoms with Crippen LogP contribution >= 0.6 is 11.3 Å². The molecule has 0 saturated heterocycles. The van der Waals surface area contributed by atoms with E-state index in [1.54, 1.807) is 0 Å². The number of nitrogen functional groups attached to an aromatic ring is 1. The van der Waals surface area contributed by atoms with Gasteiger partial charge >= 0.3 is 0 Å². The van der Waals surface area contributed by atoms with E-state index >= 15 is 0 Å². The molecule has 4 rings (SSSR count). The average molecular weight is 279 g/mol. The van der Waals surface area contributed by atoms with Gasteiger partial charge in [0.25, 0.3) is 0 Å². The number of anilines is 1. The van der Waals surface area contributed by atoms with Gasteiger partial charge in [0, 0.05) is 31.2 Å². The largest absolute Gasteiger partial charge is 0.398 e. The van der Waals surface area contributed by atoms with Crippen molar-refractivity contribution in [3.63, 3.8) is 0 Å². The summed E-state index contributed by atoms with van der Waals surface area (Å²) >= 11 is 1.81. The van der Waals surface area contributed by atoms with Crippen molar-refractivity contribution in [1.82, 2.24) is 0 Å². The van der Waals surface area contributed by atoms with Crippen molar-refractivity contribution in [2.24, 2.45) is 0 Å². The van der Waals surface area contributed by atoms with Crippen LogP contribution in [0.1, 0.15) is 13.8 Å². The number of benzene rings is 3. The van der Waals surface area contributed by atoms with Crippen molar-refractivity contribution in [3.8, 4) is 0 Å². The zero-order chi connectivity index (χ0) is 14.1. The van der Waals surface area contributed by atoms with Crippen LogP contribution in [0.3, 0.4) is 0 Å². The molecule has 2 heteroatoms. The van der Waals surface area contributed by atoms with Crippen molar-refractivity contribution in [1.29, 1.82) is 0 Å². The third kappa shape index (κ3) is 1.84. The highest BCUT2D eigenvalue weighted by molar-refractivity contribution is 7.26. The van der Waals surface area contributed by atoms with Gasteiger partial charge in [-0.1, -0.05) is 56.3 Å². The first-order valence-corrected chi connectivity index (χ1v) is 7.75. The molecule has 0 unspecified atom stereocenters.